The number of aryl methyl sites for hydroxylation is 2. The Morgan fingerprint density at radius 2 is 2.30 bits per heavy atom. The summed E-state index contributed by atoms with van der Waals surface area (Å²) in [6, 6.07) is 5.65. The number of carboxylic acids is 1. The summed E-state index contributed by atoms with van der Waals surface area (Å²) in [5, 5.41) is 12.8. The van der Waals surface area contributed by atoms with Crippen LogP contribution in [0.25, 0.3) is 6.08 Å². The van der Waals surface area contributed by atoms with Gasteiger partial charge in [0, 0.05) is 30.4 Å². The van der Waals surface area contributed by atoms with Gasteiger partial charge in [-0.2, -0.15) is 5.10 Å². The first-order valence-corrected chi connectivity index (χ1v) is 6.16. The van der Waals surface area contributed by atoms with Crippen LogP contribution in [0.4, 0.5) is 0 Å². The van der Waals surface area contributed by atoms with Crippen molar-refractivity contribution < 1.29 is 14.6 Å². The molecule has 0 radical (unpaired) electrons. The summed E-state index contributed by atoms with van der Waals surface area (Å²) in [7, 11) is 1.84. The van der Waals surface area contributed by atoms with Crippen molar-refractivity contribution in [3.8, 4) is 5.75 Å². The van der Waals surface area contributed by atoms with Gasteiger partial charge in [0.1, 0.15) is 12.4 Å². The molecule has 0 amide bonds. The van der Waals surface area contributed by atoms with Crippen molar-refractivity contribution >= 4 is 12.0 Å². The average Bonchev–Trinajstić information content (AvgIpc) is 2.81. The van der Waals surface area contributed by atoms with E-state index in [4.69, 9.17) is 9.84 Å². The van der Waals surface area contributed by atoms with E-state index in [0.29, 0.717) is 12.4 Å². The number of rotatable bonds is 5. The Hall–Kier alpha value is -2.56. The number of nitrogens with zero attached hydrogens (tertiary/aromatic N) is 2. The molecule has 0 atom stereocenters. The second-order valence-electron chi connectivity index (χ2n) is 4.52. The highest BCUT2D eigenvalue weighted by Gasteiger charge is 2.04. The molecule has 1 heterocycles. The molecule has 5 nitrogen and oxygen atoms in total. The smallest absolute Gasteiger partial charge is 0.328 e. The molecule has 0 aliphatic heterocycles. The van der Waals surface area contributed by atoms with Gasteiger partial charge in [0.05, 0.1) is 6.20 Å². The highest BCUT2D eigenvalue weighted by Crippen LogP contribution is 2.22. The Kier molecular flexibility index (Phi) is 4.20. The van der Waals surface area contributed by atoms with E-state index in [-0.39, 0.29) is 0 Å². The lowest BCUT2D eigenvalue weighted by Gasteiger charge is -2.09. The van der Waals surface area contributed by atoms with Crippen molar-refractivity contribution in [3.05, 3.63) is 53.4 Å². The molecule has 0 spiro atoms. The quantitative estimate of drug-likeness (QED) is 0.849. The van der Waals surface area contributed by atoms with E-state index in [9.17, 15) is 4.79 Å². The van der Waals surface area contributed by atoms with E-state index >= 15 is 0 Å². The van der Waals surface area contributed by atoms with Crippen LogP contribution in [-0.2, 0) is 18.4 Å². The standard InChI is InChI=1S/C15H16N2O3/c1-11-3-5-14(13(7-11)4-6-15(18)19)20-10-12-8-16-17(2)9-12/h3-9H,10H2,1-2H3,(H,18,19). The van der Waals surface area contributed by atoms with Crippen LogP contribution < -0.4 is 4.74 Å². The van der Waals surface area contributed by atoms with Crippen LogP contribution in [0.1, 0.15) is 16.7 Å². The lowest BCUT2D eigenvalue weighted by molar-refractivity contribution is -0.131. The fourth-order valence-electron chi connectivity index (χ4n) is 1.80. The second kappa shape index (κ2) is 6.06. The fraction of sp³-hybridized carbons (Fsp3) is 0.200. The number of ether oxygens (including phenoxy) is 1. The molecule has 0 bridgehead atoms. The normalized spacial score (nSPS) is 10.9. The van der Waals surface area contributed by atoms with Crippen molar-refractivity contribution in [1.82, 2.24) is 9.78 Å². The Morgan fingerprint density at radius 1 is 1.50 bits per heavy atom. The summed E-state index contributed by atoms with van der Waals surface area (Å²) >= 11 is 0. The minimum atomic E-state index is -0.982. The molecule has 5 heteroatoms. The summed E-state index contributed by atoms with van der Waals surface area (Å²) < 4.78 is 7.43. The number of aliphatic carboxylic acids is 1. The van der Waals surface area contributed by atoms with Gasteiger partial charge in [-0.3, -0.25) is 4.68 Å². The van der Waals surface area contributed by atoms with Crippen LogP contribution in [0.2, 0.25) is 0 Å². The molecule has 0 aliphatic carbocycles. The summed E-state index contributed by atoms with van der Waals surface area (Å²) in [6.45, 7) is 2.34. The zero-order chi connectivity index (χ0) is 14.5. The van der Waals surface area contributed by atoms with E-state index < -0.39 is 5.97 Å². The molecule has 20 heavy (non-hydrogen) atoms. The van der Waals surface area contributed by atoms with Gasteiger partial charge in [0.25, 0.3) is 0 Å². The number of hydrogen-bond donors (Lipinski definition) is 1. The molecule has 0 saturated heterocycles. The Morgan fingerprint density at radius 3 is 2.95 bits per heavy atom. The molecule has 0 saturated carbocycles. The van der Waals surface area contributed by atoms with E-state index in [1.807, 2.05) is 38.4 Å². The van der Waals surface area contributed by atoms with Gasteiger partial charge in [-0.05, 0) is 25.1 Å². The van der Waals surface area contributed by atoms with Crippen molar-refractivity contribution in [3.63, 3.8) is 0 Å². The van der Waals surface area contributed by atoms with Gasteiger partial charge < -0.3 is 9.84 Å². The third kappa shape index (κ3) is 3.71. The lowest BCUT2D eigenvalue weighted by Crippen LogP contribution is -1.97. The highest BCUT2D eigenvalue weighted by atomic mass is 16.5. The van der Waals surface area contributed by atoms with E-state index in [0.717, 1.165) is 22.8 Å². The number of aromatic nitrogens is 2. The summed E-state index contributed by atoms with van der Waals surface area (Å²) in [5.41, 5.74) is 2.75. The monoisotopic (exact) mass is 272 g/mol. The predicted molar refractivity (Wildman–Crippen MR) is 75.4 cm³/mol. The van der Waals surface area contributed by atoms with Crippen molar-refractivity contribution in [2.24, 2.45) is 7.05 Å². The van der Waals surface area contributed by atoms with Gasteiger partial charge in [-0.15, -0.1) is 0 Å². The molecular formula is C15H16N2O3. The first kappa shape index (κ1) is 13.9. The van der Waals surface area contributed by atoms with Crippen molar-refractivity contribution in [2.75, 3.05) is 0 Å². The van der Waals surface area contributed by atoms with Gasteiger partial charge >= 0.3 is 5.97 Å². The maximum Gasteiger partial charge on any atom is 0.328 e. The van der Waals surface area contributed by atoms with Crippen LogP contribution in [0, 0.1) is 6.92 Å². The molecule has 0 fully saturated rings. The van der Waals surface area contributed by atoms with Gasteiger partial charge in [-0.25, -0.2) is 4.79 Å². The largest absolute Gasteiger partial charge is 0.488 e. The average molecular weight is 272 g/mol. The van der Waals surface area contributed by atoms with Crippen molar-refractivity contribution in [1.29, 1.82) is 0 Å². The molecule has 0 aliphatic rings. The lowest BCUT2D eigenvalue weighted by atomic mass is 10.1. The Balaban J connectivity index is 2.15. The maximum absolute atomic E-state index is 10.6. The SMILES string of the molecule is Cc1ccc(OCc2cnn(C)c2)c(C=CC(=O)O)c1. The van der Waals surface area contributed by atoms with Crippen LogP contribution in [-0.4, -0.2) is 20.9 Å². The Labute approximate surface area is 117 Å². The first-order valence-electron chi connectivity index (χ1n) is 6.16. The van der Waals surface area contributed by atoms with E-state index in [1.54, 1.807) is 10.9 Å². The van der Waals surface area contributed by atoms with Crippen LogP contribution >= 0.6 is 0 Å². The minimum absolute atomic E-state index is 0.394. The molecule has 1 aromatic carbocycles. The zero-order valence-electron chi connectivity index (χ0n) is 11.4. The third-order valence-corrected chi connectivity index (χ3v) is 2.72. The number of carbonyl (C=O) groups is 1. The summed E-state index contributed by atoms with van der Waals surface area (Å²) in [6.07, 6.45) is 6.25. The zero-order valence-corrected chi connectivity index (χ0v) is 11.4. The van der Waals surface area contributed by atoms with E-state index in [2.05, 4.69) is 5.10 Å². The fourth-order valence-corrected chi connectivity index (χ4v) is 1.80. The van der Waals surface area contributed by atoms with Crippen LogP contribution in [0.15, 0.2) is 36.7 Å². The molecule has 0 unspecified atom stereocenters. The molecule has 1 aromatic heterocycles. The Bertz CT molecular complexity index is 644. The van der Waals surface area contributed by atoms with E-state index in [1.165, 1.54) is 6.08 Å². The third-order valence-electron chi connectivity index (χ3n) is 2.72. The van der Waals surface area contributed by atoms with Crippen molar-refractivity contribution in [2.45, 2.75) is 13.5 Å². The molecule has 1 N–H and O–H groups in total. The van der Waals surface area contributed by atoms with Gasteiger partial charge in [-0.1, -0.05) is 11.6 Å². The van der Waals surface area contributed by atoms with Crippen LogP contribution in [0.5, 0.6) is 5.75 Å². The second-order valence-corrected chi connectivity index (χ2v) is 4.52. The summed E-state index contributed by atoms with van der Waals surface area (Å²) in [5.74, 6) is -0.332. The maximum atomic E-state index is 10.6. The number of carboxylic acid groups (broad SMARTS) is 1. The minimum Gasteiger partial charge on any atom is -0.488 e. The number of benzene rings is 1. The molecule has 104 valence electrons. The van der Waals surface area contributed by atoms with Crippen LogP contribution in [0.3, 0.4) is 0 Å². The number of hydrogen-bond acceptors (Lipinski definition) is 3. The molecule has 2 rings (SSSR count). The molecular weight excluding hydrogens is 256 g/mol. The van der Waals surface area contributed by atoms with Gasteiger partial charge in [0.2, 0.25) is 0 Å². The topological polar surface area (TPSA) is 64.4 Å². The first-order chi connectivity index (χ1) is 9.54. The predicted octanol–water partition coefficient (Wildman–Crippen LogP) is 2.41. The van der Waals surface area contributed by atoms with Gasteiger partial charge in [0.15, 0.2) is 0 Å². The highest BCUT2D eigenvalue weighted by molar-refractivity contribution is 5.85. The molecule has 2 aromatic rings. The summed E-state index contributed by atoms with van der Waals surface area (Å²) in [4.78, 5) is 10.6.